The second-order valence-electron chi connectivity index (χ2n) is 7.53. The van der Waals surface area contributed by atoms with E-state index in [0.717, 1.165) is 49.3 Å². The van der Waals surface area contributed by atoms with Crippen LogP contribution in [0.5, 0.6) is 17.2 Å². The summed E-state index contributed by atoms with van der Waals surface area (Å²) in [6, 6.07) is 6.55. The Morgan fingerprint density at radius 1 is 1.14 bits per heavy atom. The highest BCUT2D eigenvalue weighted by Crippen LogP contribution is 2.27. The average molecular weight is 393 g/mol. The van der Waals surface area contributed by atoms with E-state index in [1.54, 1.807) is 14.2 Å². The van der Waals surface area contributed by atoms with Gasteiger partial charge in [-0.1, -0.05) is 6.92 Å². The van der Waals surface area contributed by atoms with Gasteiger partial charge in [0.15, 0.2) is 5.96 Å². The van der Waals surface area contributed by atoms with Crippen molar-refractivity contribution in [3.8, 4) is 17.2 Å². The van der Waals surface area contributed by atoms with Crippen LogP contribution in [0, 0.1) is 5.92 Å². The molecular weight excluding hydrogens is 356 g/mol. The van der Waals surface area contributed by atoms with Crippen molar-refractivity contribution in [3.05, 3.63) is 18.2 Å². The quantitative estimate of drug-likeness (QED) is 0.382. The van der Waals surface area contributed by atoms with Crippen LogP contribution in [0.25, 0.3) is 0 Å². The van der Waals surface area contributed by atoms with Crippen LogP contribution in [-0.4, -0.2) is 70.5 Å². The summed E-state index contributed by atoms with van der Waals surface area (Å²) < 4.78 is 16.4. The lowest BCUT2D eigenvalue weighted by atomic mass is 10.1. The molecule has 2 atom stereocenters. The first-order valence-electron chi connectivity index (χ1n) is 10.0. The number of aliphatic imine (C=N–C) groups is 1. The van der Waals surface area contributed by atoms with Crippen LogP contribution < -0.4 is 24.8 Å². The van der Waals surface area contributed by atoms with E-state index < -0.39 is 0 Å². The number of guanidine groups is 1. The van der Waals surface area contributed by atoms with Crippen LogP contribution in [-0.2, 0) is 0 Å². The molecule has 0 spiro atoms. The van der Waals surface area contributed by atoms with Crippen molar-refractivity contribution in [3.63, 3.8) is 0 Å². The number of benzene rings is 1. The zero-order valence-corrected chi connectivity index (χ0v) is 18.1. The summed E-state index contributed by atoms with van der Waals surface area (Å²) in [6.07, 6.45) is 0.860. The van der Waals surface area contributed by atoms with Crippen molar-refractivity contribution in [1.29, 1.82) is 0 Å². The van der Waals surface area contributed by atoms with Crippen molar-refractivity contribution in [2.24, 2.45) is 10.9 Å². The van der Waals surface area contributed by atoms with Gasteiger partial charge in [-0.05, 0) is 26.2 Å². The lowest BCUT2D eigenvalue weighted by Gasteiger charge is -2.22. The lowest BCUT2D eigenvalue weighted by molar-refractivity contribution is 0.265. The first-order valence-corrected chi connectivity index (χ1v) is 10.0. The summed E-state index contributed by atoms with van der Waals surface area (Å²) in [5.74, 6) is 3.64. The third-order valence-electron chi connectivity index (χ3n) is 5.12. The number of likely N-dealkylation sites (tertiary alicyclic amines) is 1. The third-order valence-corrected chi connectivity index (χ3v) is 5.12. The molecule has 2 unspecified atom stereocenters. The number of rotatable bonds is 9. The van der Waals surface area contributed by atoms with Gasteiger partial charge in [-0.2, -0.15) is 0 Å². The normalized spacial score (nSPS) is 20.3. The number of hydrogen-bond acceptors (Lipinski definition) is 5. The van der Waals surface area contributed by atoms with E-state index in [9.17, 15) is 0 Å². The maximum atomic E-state index is 5.83. The Kier molecular flexibility index (Phi) is 8.70. The third kappa shape index (κ3) is 6.48. The fraction of sp³-hybridized carbons (Fsp3) is 0.667. The molecule has 1 aliphatic rings. The molecule has 158 valence electrons. The highest BCUT2D eigenvalue weighted by Gasteiger charge is 2.31. The molecule has 7 nitrogen and oxygen atoms in total. The molecule has 1 aromatic rings. The van der Waals surface area contributed by atoms with Gasteiger partial charge in [0.1, 0.15) is 17.2 Å². The number of nitrogens with zero attached hydrogens (tertiary/aromatic N) is 2. The van der Waals surface area contributed by atoms with Gasteiger partial charge in [0, 0.05) is 57.0 Å². The molecule has 1 fully saturated rings. The summed E-state index contributed by atoms with van der Waals surface area (Å²) in [4.78, 5) is 6.86. The summed E-state index contributed by atoms with van der Waals surface area (Å²) in [5.41, 5.74) is 0. The highest BCUT2D eigenvalue weighted by molar-refractivity contribution is 5.80. The van der Waals surface area contributed by atoms with Gasteiger partial charge < -0.3 is 24.8 Å². The van der Waals surface area contributed by atoms with Crippen molar-refractivity contribution >= 4 is 5.96 Å². The molecule has 1 aliphatic heterocycles. The van der Waals surface area contributed by atoms with E-state index in [-0.39, 0.29) is 0 Å². The molecular formula is C21H36N4O3. The maximum Gasteiger partial charge on any atom is 0.191 e. The van der Waals surface area contributed by atoms with E-state index in [1.165, 1.54) is 0 Å². The molecule has 0 radical (unpaired) electrons. The smallest absolute Gasteiger partial charge is 0.191 e. The van der Waals surface area contributed by atoms with E-state index in [4.69, 9.17) is 14.2 Å². The van der Waals surface area contributed by atoms with Crippen molar-refractivity contribution < 1.29 is 14.2 Å². The van der Waals surface area contributed by atoms with Crippen molar-refractivity contribution in [1.82, 2.24) is 15.5 Å². The Labute approximate surface area is 169 Å². The number of ether oxygens (including phenoxy) is 3. The highest BCUT2D eigenvalue weighted by atomic mass is 16.5. The minimum Gasteiger partial charge on any atom is -0.496 e. The van der Waals surface area contributed by atoms with E-state index in [2.05, 4.69) is 41.3 Å². The number of methoxy groups -OCH3 is 2. The van der Waals surface area contributed by atoms with Gasteiger partial charge >= 0.3 is 0 Å². The van der Waals surface area contributed by atoms with Crippen LogP contribution in [0.1, 0.15) is 27.2 Å². The largest absolute Gasteiger partial charge is 0.496 e. The molecule has 7 heteroatoms. The van der Waals surface area contributed by atoms with Gasteiger partial charge in [-0.3, -0.25) is 9.89 Å². The predicted molar refractivity (Wildman–Crippen MR) is 114 cm³/mol. The molecule has 2 rings (SSSR count). The number of nitrogens with one attached hydrogen (secondary N) is 2. The summed E-state index contributed by atoms with van der Waals surface area (Å²) in [5, 5.41) is 6.95. The van der Waals surface area contributed by atoms with Gasteiger partial charge in [-0.25, -0.2) is 0 Å². The van der Waals surface area contributed by atoms with E-state index in [0.29, 0.717) is 24.6 Å². The zero-order valence-electron chi connectivity index (χ0n) is 18.1. The zero-order chi connectivity index (χ0) is 20.5. The van der Waals surface area contributed by atoms with Gasteiger partial charge in [0.05, 0.1) is 20.8 Å². The average Bonchev–Trinajstić information content (AvgIpc) is 3.07. The van der Waals surface area contributed by atoms with E-state index >= 15 is 0 Å². The Hall–Kier alpha value is -2.15. The molecule has 1 saturated heterocycles. The SMILES string of the molecule is CN=C(NCCCOc1cc(OC)cc(OC)c1)NC1CN(C(C)C)CC1C. The Balaban J connectivity index is 1.72. The second kappa shape index (κ2) is 11.0. The molecule has 28 heavy (non-hydrogen) atoms. The molecule has 0 aromatic heterocycles. The molecule has 1 heterocycles. The van der Waals surface area contributed by atoms with Crippen LogP contribution in [0.3, 0.4) is 0 Å². The molecule has 2 N–H and O–H groups in total. The van der Waals surface area contributed by atoms with Crippen molar-refractivity contribution in [2.75, 3.05) is 47.5 Å². The Bertz CT molecular complexity index is 614. The monoisotopic (exact) mass is 392 g/mol. The molecule has 0 bridgehead atoms. The summed E-state index contributed by atoms with van der Waals surface area (Å²) in [7, 11) is 5.08. The maximum absolute atomic E-state index is 5.83. The standard InChI is InChI=1S/C21H36N4O3/c1-15(2)25-13-16(3)20(14-25)24-21(22-4)23-8-7-9-28-19-11-17(26-5)10-18(12-19)27-6/h10-12,15-16,20H,7-9,13-14H2,1-6H3,(H2,22,23,24). The number of hydrogen-bond donors (Lipinski definition) is 2. The molecule has 0 amide bonds. The molecule has 0 aliphatic carbocycles. The van der Waals surface area contributed by atoms with Gasteiger partial charge in [0.2, 0.25) is 0 Å². The first-order chi connectivity index (χ1) is 13.5. The van der Waals surface area contributed by atoms with Crippen LogP contribution in [0.4, 0.5) is 0 Å². The Morgan fingerprint density at radius 2 is 1.79 bits per heavy atom. The van der Waals surface area contributed by atoms with Crippen LogP contribution in [0.15, 0.2) is 23.2 Å². The lowest BCUT2D eigenvalue weighted by Crippen LogP contribution is -2.47. The fourth-order valence-corrected chi connectivity index (χ4v) is 3.32. The minimum atomic E-state index is 0.425. The van der Waals surface area contributed by atoms with Crippen molar-refractivity contribution in [2.45, 2.75) is 39.3 Å². The van der Waals surface area contributed by atoms with Gasteiger partial charge in [-0.15, -0.1) is 0 Å². The first kappa shape index (κ1) is 22.1. The predicted octanol–water partition coefficient (Wildman–Crippen LogP) is 2.37. The topological polar surface area (TPSA) is 67.4 Å². The summed E-state index contributed by atoms with van der Waals surface area (Å²) in [6.45, 7) is 10.4. The van der Waals surface area contributed by atoms with Crippen LogP contribution in [0.2, 0.25) is 0 Å². The van der Waals surface area contributed by atoms with Crippen LogP contribution >= 0.6 is 0 Å². The molecule has 1 aromatic carbocycles. The van der Waals surface area contributed by atoms with E-state index in [1.807, 2.05) is 25.2 Å². The molecule has 0 saturated carbocycles. The van der Waals surface area contributed by atoms with Gasteiger partial charge in [0.25, 0.3) is 0 Å². The Morgan fingerprint density at radius 3 is 2.32 bits per heavy atom. The fourth-order valence-electron chi connectivity index (χ4n) is 3.32. The summed E-state index contributed by atoms with van der Waals surface area (Å²) >= 11 is 0. The second-order valence-corrected chi connectivity index (χ2v) is 7.53. The minimum absolute atomic E-state index is 0.425.